The Hall–Kier alpha value is -0.0800. The van der Waals surface area contributed by atoms with E-state index >= 15 is 0 Å². The molecule has 1 saturated heterocycles. The number of rotatable bonds is 5. The van der Waals surface area contributed by atoms with Crippen molar-refractivity contribution in [1.29, 1.82) is 0 Å². The standard InChI is InChI=1S/C8H16O2/c1-3-5-6-8(7-10-8)9-4-2/h3-7H2,1-2H3. The highest BCUT2D eigenvalue weighted by molar-refractivity contribution is 4.81. The molecule has 1 aliphatic rings. The first-order valence-electron chi connectivity index (χ1n) is 4.11. The van der Waals surface area contributed by atoms with Crippen LogP contribution >= 0.6 is 0 Å². The third-order valence-corrected chi connectivity index (χ3v) is 1.78. The molecule has 1 unspecified atom stereocenters. The minimum absolute atomic E-state index is 0.148. The minimum atomic E-state index is -0.148. The number of unbranched alkanes of at least 4 members (excludes halogenated alkanes) is 1. The smallest absolute Gasteiger partial charge is 0.192 e. The molecular weight excluding hydrogens is 128 g/mol. The maximum atomic E-state index is 5.42. The van der Waals surface area contributed by atoms with E-state index in [2.05, 4.69) is 6.92 Å². The van der Waals surface area contributed by atoms with Gasteiger partial charge in [0, 0.05) is 13.0 Å². The predicted octanol–water partition coefficient (Wildman–Crippen LogP) is 1.94. The van der Waals surface area contributed by atoms with Crippen LogP contribution in [-0.2, 0) is 9.47 Å². The van der Waals surface area contributed by atoms with Crippen molar-refractivity contribution in [3.63, 3.8) is 0 Å². The average Bonchev–Trinajstić information content (AvgIpc) is 2.67. The number of hydrogen-bond acceptors (Lipinski definition) is 2. The molecule has 0 spiro atoms. The molecule has 1 fully saturated rings. The van der Waals surface area contributed by atoms with Crippen molar-refractivity contribution in [3.8, 4) is 0 Å². The number of epoxide rings is 1. The van der Waals surface area contributed by atoms with Gasteiger partial charge in [-0.15, -0.1) is 0 Å². The molecule has 60 valence electrons. The minimum Gasteiger partial charge on any atom is -0.348 e. The van der Waals surface area contributed by atoms with E-state index in [-0.39, 0.29) is 5.79 Å². The third kappa shape index (κ3) is 1.96. The molecule has 1 rings (SSSR count). The van der Waals surface area contributed by atoms with E-state index in [0.29, 0.717) is 0 Å². The van der Waals surface area contributed by atoms with E-state index in [1.807, 2.05) is 6.92 Å². The van der Waals surface area contributed by atoms with Crippen molar-refractivity contribution in [3.05, 3.63) is 0 Å². The highest BCUT2D eigenvalue weighted by atomic mass is 16.8. The van der Waals surface area contributed by atoms with Crippen molar-refractivity contribution in [2.75, 3.05) is 13.2 Å². The summed E-state index contributed by atoms with van der Waals surface area (Å²) in [5, 5.41) is 0. The molecule has 1 heterocycles. The lowest BCUT2D eigenvalue weighted by Crippen LogP contribution is -2.15. The van der Waals surface area contributed by atoms with E-state index in [0.717, 1.165) is 19.6 Å². The van der Waals surface area contributed by atoms with E-state index in [1.165, 1.54) is 12.8 Å². The highest BCUT2D eigenvalue weighted by Crippen LogP contribution is 2.33. The fourth-order valence-electron chi connectivity index (χ4n) is 1.09. The van der Waals surface area contributed by atoms with Crippen molar-refractivity contribution in [2.45, 2.75) is 38.9 Å². The zero-order chi connectivity index (χ0) is 7.45. The van der Waals surface area contributed by atoms with Gasteiger partial charge < -0.3 is 9.47 Å². The molecule has 2 heteroatoms. The summed E-state index contributed by atoms with van der Waals surface area (Å²) in [7, 11) is 0. The quantitative estimate of drug-likeness (QED) is 0.550. The van der Waals surface area contributed by atoms with E-state index in [4.69, 9.17) is 9.47 Å². The predicted molar refractivity (Wildman–Crippen MR) is 39.8 cm³/mol. The second-order valence-corrected chi connectivity index (χ2v) is 2.74. The van der Waals surface area contributed by atoms with Gasteiger partial charge in [-0.3, -0.25) is 0 Å². The van der Waals surface area contributed by atoms with Gasteiger partial charge in [0.15, 0.2) is 5.79 Å². The van der Waals surface area contributed by atoms with Crippen molar-refractivity contribution >= 4 is 0 Å². The lowest BCUT2D eigenvalue weighted by molar-refractivity contribution is -0.0437. The van der Waals surface area contributed by atoms with Gasteiger partial charge in [0.05, 0.1) is 0 Å². The van der Waals surface area contributed by atoms with Crippen molar-refractivity contribution in [1.82, 2.24) is 0 Å². The summed E-state index contributed by atoms with van der Waals surface area (Å²) >= 11 is 0. The highest BCUT2D eigenvalue weighted by Gasteiger charge is 2.44. The molecule has 0 N–H and O–H groups in total. The first-order chi connectivity index (χ1) is 4.83. The topological polar surface area (TPSA) is 21.8 Å². The first-order valence-corrected chi connectivity index (χ1v) is 4.11. The summed E-state index contributed by atoms with van der Waals surface area (Å²) in [4.78, 5) is 0. The van der Waals surface area contributed by atoms with Gasteiger partial charge in [0.1, 0.15) is 6.61 Å². The van der Waals surface area contributed by atoms with Gasteiger partial charge in [-0.1, -0.05) is 13.3 Å². The van der Waals surface area contributed by atoms with Gasteiger partial charge in [-0.05, 0) is 13.3 Å². The van der Waals surface area contributed by atoms with Crippen LogP contribution in [0.3, 0.4) is 0 Å². The van der Waals surface area contributed by atoms with Crippen LogP contribution in [0, 0.1) is 0 Å². The lowest BCUT2D eigenvalue weighted by atomic mass is 10.2. The second-order valence-electron chi connectivity index (χ2n) is 2.74. The van der Waals surface area contributed by atoms with Crippen molar-refractivity contribution < 1.29 is 9.47 Å². The Morgan fingerprint density at radius 3 is 2.60 bits per heavy atom. The Balaban J connectivity index is 2.11. The average molecular weight is 144 g/mol. The fourth-order valence-corrected chi connectivity index (χ4v) is 1.09. The van der Waals surface area contributed by atoms with Crippen LogP contribution in [-0.4, -0.2) is 19.0 Å². The summed E-state index contributed by atoms with van der Waals surface area (Å²) in [6.07, 6.45) is 3.50. The maximum Gasteiger partial charge on any atom is 0.192 e. The summed E-state index contributed by atoms with van der Waals surface area (Å²) in [6.45, 7) is 5.77. The molecule has 0 saturated carbocycles. The summed E-state index contributed by atoms with van der Waals surface area (Å²) < 4.78 is 10.6. The van der Waals surface area contributed by atoms with Gasteiger partial charge in [0.25, 0.3) is 0 Å². The summed E-state index contributed by atoms with van der Waals surface area (Å²) in [5.41, 5.74) is 0. The SMILES string of the molecule is CCCCC1(OCC)CO1. The molecule has 1 aliphatic heterocycles. The van der Waals surface area contributed by atoms with Crippen LogP contribution in [0.4, 0.5) is 0 Å². The van der Waals surface area contributed by atoms with Gasteiger partial charge in [0.2, 0.25) is 0 Å². The van der Waals surface area contributed by atoms with E-state index < -0.39 is 0 Å². The van der Waals surface area contributed by atoms with E-state index in [9.17, 15) is 0 Å². The van der Waals surface area contributed by atoms with Crippen molar-refractivity contribution in [2.24, 2.45) is 0 Å². The molecule has 1 atom stereocenters. The molecule has 10 heavy (non-hydrogen) atoms. The summed E-state index contributed by atoms with van der Waals surface area (Å²) in [5.74, 6) is -0.148. The molecule has 0 aliphatic carbocycles. The van der Waals surface area contributed by atoms with Crippen LogP contribution in [0.25, 0.3) is 0 Å². The molecule has 0 radical (unpaired) electrons. The molecule has 0 amide bonds. The van der Waals surface area contributed by atoms with E-state index in [1.54, 1.807) is 0 Å². The zero-order valence-electron chi connectivity index (χ0n) is 6.85. The molecule has 0 aromatic rings. The monoisotopic (exact) mass is 144 g/mol. The Kier molecular flexibility index (Phi) is 2.69. The molecular formula is C8H16O2. The zero-order valence-corrected chi connectivity index (χ0v) is 6.85. The van der Waals surface area contributed by atoms with Crippen LogP contribution in [0.2, 0.25) is 0 Å². The van der Waals surface area contributed by atoms with Gasteiger partial charge in [-0.2, -0.15) is 0 Å². The normalized spacial score (nSPS) is 30.6. The molecule has 0 aromatic heterocycles. The Labute approximate surface area is 62.5 Å². The second kappa shape index (κ2) is 3.35. The van der Waals surface area contributed by atoms with Crippen LogP contribution in [0.1, 0.15) is 33.1 Å². The van der Waals surface area contributed by atoms with Gasteiger partial charge in [-0.25, -0.2) is 0 Å². The Morgan fingerprint density at radius 2 is 2.20 bits per heavy atom. The Bertz CT molecular complexity index is 97.4. The largest absolute Gasteiger partial charge is 0.348 e. The number of ether oxygens (including phenoxy) is 2. The lowest BCUT2D eigenvalue weighted by Gasteiger charge is -2.09. The first kappa shape index (κ1) is 8.02. The molecule has 0 aromatic carbocycles. The molecule has 0 bridgehead atoms. The van der Waals surface area contributed by atoms with Gasteiger partial charge >= 0.3 is 0 Å². The molecule has 2 nitrogen and oxygen atoms in total. The summed E-state index contributed by atoms with van der Waals surface area (Å²) in [6, 6.07) is 0. The van der Waals surface area contributed by atoms with Crippen LogP contribution < -0.4 is 0 Å². The fraction of sp³-hybridized carbons (Fsp3) is 1.00. The maximum absolute atomic E-state index is 5.42. The van der Waals surface area contributed by atoms with Crippen LogP contribution in [0.5, 0.6) is 0 Å². The third-order valence-electron chi connectivity index (χ3n) is 1.78. The Morgan fingerprint density at radius 1 is 1.50 bits per heavy atom. The van der Waals surface area contributed by atoms with Crippen LogP contribution in [0.15, 0.2) is 0 Å². The number of hydrogen-bond donors (Lipinski definition) is 0.